The maximum absolute atomic E-state index is 14.5. The smallest absolute Gasteiger partial charge is 0.410 e. The van der Waals surface area contributed by atoms with Gasteiger partial charge in [0.1, 0.15) is 12.3 Å². The third kappa shape index (κ3) is 5.60. The Morgan fingerprint density at radius 1 is 1.03 bits per heavy atom. The maximum Gasteiger partial charge on any atom is 0.410 e. The van der Waals surface area contributed by atoms with E-state index in [-0.39, 0.29) is 36.2 Å². The summed E-state index contributed by atoms with van der Waals surface area (Å²) in [6.07, 6.45) is 1.58. The van der Waals surface area contributed by atoms with Crippen molar-refractivity contribution < 1.29 is 18.3 Å². The van der Waals surface area contributed by atoms with Crippen LogP contribution < -0.4 is 10.6 Å². The number of anilines is 2. The maximum atomic E-state index is 14.5. The van der Waals surface area contributed by atoms with Crippen molar-refractivity contribution in [3.8, 4) is 0 Å². The average Bonchev–Trinajstić information content (AvgIpc) is 2.80. The van der Waals surface area contributed by atoms with Crippen molar-refractivity contribution in [3.05, 3.63) is 59.7 Å². The summed E-state index contributed by atoms with van der Waals surface area (Å²) in [7, 11) is 0. The van der Waals surface area contributed by atoms with Gasteiger partial charge in [-0.25, -0.2) is 13.6 Å². The number of halogens is 2. The fraction of sp³-hybridized carbons (Fsp3) is 0.500. The Bertz CT molecular complexity index is 947. The van der Waals surface area contributed by atoms with Gasteiger partial charge in [0, 0.05) is 50.5 Å². The molecule has 0 unspecified atom stereocenters. The Hall–Kier alpha value is -2.87. The Kier molecular flexibility index (Phi) is 7.56. The number of hydrogen-bond donors (Lipinski definition) is 1. The van der Waals surface area contributed by atoms with Crippen LogP contribution in [0.4, 0.5) is 25.0 Å². The van der Waals surface area contributed by atoms with Crippen molar-refractivity contribution in [2.75, 3.05) is 43.4 Å². The van der Waals surface area contributed by atoms with Crippen LogP contribution in [-0.2, 0) is 11.3 Å². The molecule has 6 nitrogen and oxygen atoms in total. The largest absolute Gasteiger partial charge is 0.445 e. The van der Waals surface area contributed by atoms with Gasteiger partial charge in [0.25, 0.3) is 0 Å². The van der Waals surface area contributed by atoms with Crippen molar-refractivity contribution >= 4 is 17.5 Å². The van der Waals surface area contributed by atoms with Crippen LogP contribution in [0.2, 0.25) is 0 Å². The number of likely N-dealkylation sites (tertiary alicyclic amines) is 1. The number of nitrogens with zero attached hydrogens (tertiary/aromatic N) is 3. The molecule has 1 amide bonds. The molecular formula is C26H34F2N4O2. The van der Waals surface area contributed by atoms with E-state index in [1.807, 2.05) is 30.3 Å². The first-order valence-corrected chi connectivity index (χ1v) is 12.0. The zero-order valence-corrected chi connectivity index (χ0v) is 19.9. The Morgan fingerprint density at radius 3 is 2.21 bits per heavy atom. The number of ether oxygens (including phenoxy) is 1. The molecule has 0 aromatic heterocycles. The minimum atomic E-state index is -0.614. The lowest BCUT2D eigenvalue weighted by atomic mass is 9.94. The van der Waals surface area contributed by atoms with E-state index in [1.54, 1.807) is 9.80 Å². The molecule has 2 aromatic rings. The SMILES string of the molecule is C[C@@H]1CN(c2c(F)cc(N)cc2F)C[C@H](C)N1CC1CCN(C(=O)OCc2ccccc2)CC1. The van der Waals surface area contributed by atoms with Crippen molar-refractivity contribution in [1.29, 1.82) is 0 Å². The summed E-state index contributed by atoms with van der Waals surface area (Å²) < 4.78 is 34.4. The number of piperidine rings is 1. The lowest BCUT2D eigenvalue weighted by Gasteiger charge is -2.47. The molecule has 0 bridgehead atoms. The van der Waals surface area contributed by atoms with Gasteiger partial charge in [-0.15, -0.1) is 0 Å². The molecule has 2 aliphatic rings. The predicted octanol–water partition coefficient (Wildman–Crippen LogP) is 4.49. The highest BCUT2D eigenvalue weighted by Gasteiger charge is 2.34. The van der Waals surface area contributed by atoms with Gasteiger partial charge in [-0.2, -0.15) is 0 Å². The average molecular weight is 473 g/mol. The van der Waals surface area contributed by atoms with Crippen LogP contribution in [0.5, 0.6) is 0 Å². The van der Waals surface area contributed by atoms with E-state index in [0.717, 1.165) is 24.9 Å². The minimum Gasteiger partial charge on any atom is -0.445 e. The van der Waals surface area contributed by atoms with E-state index in [0.29, 0.717) is 32.1 Å². The molecule has 2 N–H and O–H groups in total. The molecule has 2 heterocycles. The van der Waals surface area contributed by atoms with Gasteiger partial charge < -0.3 is 20.3 Å². The summed E-state index contributed by atoms with van der Waals surface area (Å²) in [5.41, 5.74) is 6.65. The van der Waals surface area contributed by atoms with E-state index >= 15 is 0 Å². The molecule has 4 rings (SSSR count). The number of benzene rings is 2. The van der Waals surface area contributed by atoms with E-state index in [9.17, 15) is 13.6 Å². The molecule has 184 valence electrons. The monoisotopic (exact) mass is 472 g/mol. The summed E-state index contributed by atoms with van der Waals surface area (Å²) in [4.78, 5) is 18.4. The van der Waals surface area contributed by atoms with Crippen LogP contribution in [0, 0.1) is 17.6 Å². The van der Waals surface area contributed by atoms with Gasteiger partial charge in [0.05, 0.1) is 0 Å². The molecule has 8 heteroatoms. The summed E-state index contributed by atoms with van der Waals surface area (Å²) in [6, 6.07) is 12.3. The Labute approximate surface area is 200 Å². The number of piperazine rings is 1. The Balaban J connectivity index is 1.27. The highest BCUT2D eigenvalue weighted by molar-refractivity contribution is 5.67. The molecule has 0 radical (unpaired) electrons. The van der Waals surface area contributed by atoms with Gasteiger partial charge in [0.15, 0.2) is 11.6 Å². The second kappa shape index (κ2) is 10.6. The first-order valence-electron chi connectivity index (χ1n) is 12.0. The van der Waals surface area contributed by atoms with Crippen LogP contribution in [0.3, 0.4) is 0 Å². The molecule has 2 aliphatic heterocycles. The number of nitrogens with two attached hydrogens (primary N) is 1. The number of rotatable bonds is 5. The van der Waals surface area contributed by atoms with Crippen molar-refractivity contribution in [3.63, 3.8) is 0 Å². The third-order valence-electron chi connectivity index (χ3n) is 7.00. The van der Waals surface area contributed by atoms with Crippen LogP contribution in [-0.4, -0.2) is 60.7 Å². The van der Waals surface area contributed by atoms with E-state index in [1.165, 1.54) is 12.1 Å². The number of hydrogen-bond acceptors (Lipinski definition) is 5. The summed E-state index contributed by atoms with van der Waals surface area (Å²) in [5, 5.41) is 0. The fourth-order valence-corrected chi connectivity index (χ4v) is 5.19. The topological polar surface area (TPSA) is 62.0 Å². The molecular weight excluding hydrogens is 438 g/mol. The number of nitrogen functional groups attached to an aromatic ring is 1. The van der Waals surface area contributed by atoms with Crippen LogP contribution >= 0.6 is 0 Å². The number of carbonyl (C=O) groups excluding carboxylic acids is 1. The van der Waals surface area contributed by atoms with Gasteiger partial charge in [-0.3, -0.25) is 4.90 Å². The molecule has 2 fully saturated rings. The highest BCUT2D eigenvalue weighted by atomic mass is 19.1. The highest BCUT2D eigenvalue weighted by Crippen LogP contribution is 2.31. The fourth-order valence-electron chi connectivity index (χ4n) is 5.19. The molecule has 0 saturated carbocycles. The van der Waals surface area contributed by atoms with E-state index in [2.05, 4.69) is 18.7 Å². The normalized spacial score (nSPS) is 22.1. The first-order chi connectivity index (χ1) is 16.3. The Morgan fingerprint density at radius 2 is 1.62 bits per heavy atom. The van der Waals surface area contributed by atoms with Gasteiger partial charge in [-0.05, 0) is 50.3 Å². The minimum absolute atomic E-state index is 0.00914. The first kappa shape index (κ1) is 24.3. The van der Waals surface area contributed by atoms with Crippen molar-refractivity contribution in [2.45, 2.75) is 45.4 Å². The zero-order valence-electron chi connectivity index (χ0n) is 19.9. The molecule has 2 atom stereocenters. The van der Waals surface area contributed by atoms with Crippen LogP contribution in [0.1, 0.15) is 32.3 Å². The zero-order chi connectivity index (χ0) is 24.2. The summed E-state index contributed by atoms with van der Waals surface area (Å²) >= 11 is 0. The lowest BCUT2D eigenvalue weighted by Crippen LogP contribution is -2.58. The number of amides is 1. The quantitative estimate of drug-likeness (QED) is 0.650. The van der Waals surface area contributed by atoms with Gasteiger partial charge in [0.2, 0.25) is 0 Å². The summed E-state index contributed by atoms with van der Waals surface area (Å²) in [6.45, 7) is 7.87. The second-order valence-electron chi connectivity index (χ2n) is 9.60. The lowest BCUT2D eigenvalue weighted by molar-refractivity contribution is 0.0627. The molecule has 2 aromatic carbocycles. The number of carbonyl (C=O) groups is 1. The van der Waals surface area contributed by atoms with E-state index < -0.39 is 11.6 Å². The van der Waals surface area contributed by atoms with Crippen molar-refractivity contribution in [1.82, 2.24) is 9.80 Å². The molecule has 0 spiro atoms. The third-order valence-corrected chi connectivity index (χ3v) is 7.00. The predicted molar refractivity (Wildman–Crippen MR) is 130 cm³/mol. The van der Waals surface area contributed by atoms with Crippen LogP contribution in [0.25, 0.3) is 0 Å². The molecule has 0 aliphatic carbocycles. The molecule has 34 heavy (non-hydrogen) atoms. The van der Waals surface area contributed by atoms with Crippen LogP contribution in [0.15, 0.2) is 42.5 Å². The summed E-state index contributed by atoms with van der Waals surface area (Å²) in [5.74, 6) is -0.756. The van der Waals surface area contributed by atoms with E-state index in [4.69, 9.17) is 10.5 Å². The van der Waals surface area contributed by atoms with Crippen molar-refractivity contribution in [2.24, 2.45) is 5.92 Å². The molecule has 2 saturated heterocycles. The van der Waals surface area contributed by atoms with Gasteiger partial charge in [-0.1, -0.05) is 30.3 Å². The standard InChI is InChI=1S/C26H34F2N4O2/c1-18-14-31(25-23(27)12-22(29)13-24(25)28)15-19(2)32(18)16-20-8-10-30(11-9-20)26(33)34-17-21-6-4-3-5-7-21/h3-7,12-13,18-20H,8-11,14-17,29H2,1-2H3/t18-,19+. The second-order valence-corrected chi connectivity index (χ2v) is 9.60. The van der Waals surface area contributed by atoms with Gasteiger partial charge >= 0.3 is 6.09 Å².